The fourth-order valence-electron chi connectivity index (χ4n) is 3.42. The zero-order valence-electron chi connectivity index (χ0n) is 16.7. The molecule has 2 aliphatic rings. The van der Waals surface area contributed by atoms with Crippen molar-refractivity contribution in [2.45, 2.75) is 12.6 Å². The maximum Gasteiger partial charge on any atom is 0.144 e. The summed E-state index contributed by atoms with van der Waals surface area (Å²) >= 11 is 0. The molecule has 3 aromatic rings. The molecular formula is C23H22MnN6O. The minimum absolute atomic E-state index is 0. The van der Waals surface area contributed by atoms with Crippen molar-refractivity contribution in [3.63, 3.8) is 0 Å². The summed E-state index contributed by atoms with van der Waals surface area (Å²) in [5.41, 5.74) is 18.5. The Bertz CT molecular complexity index is 1320. The van der Waals surface area contributed by atoms with Crippen molar-refractivity contribution in [2.75, 3.05) is 6.61 Å². The topological polar surface area (TPSA) is 119 Å². The van der Waals surface area contributed by atoms with Gasteiger partial charge in [-0.05, 0) is 60.7 Å². The summed E-state index contributed by atoms with van der Waals surface area (Å²) in [5.74, 6) is 0.736. The molecule has 5 heterocycles. The predicted molar refractivity (Wildman–Crippen MR) is 121 cm³/mol. The molecule has 0 amide bonds. The monoisotopic (exact) mass is 453 g/mol. The van der Waals surface area contributed by atoms with Crippen molar-refractivity contribution in [3.8, 4) is 5.75 Å². The Hall–Kier alpha value is -3.16. The van der Waals surface area contributed by atoms with E-state index in [0.717, 1.165) is 50.6 Å². The minimum Gasteiger partial charge on any atom is -0.491 e. The number of hydrogen-bond acceptors (Lipinski definition) is 5. The van der Waals surface area contributed by atoms with Crippen LogP contribution in [0.5, 0.6) is 5.75 Å². The summed E-state index contributed by atoms with van der Waals surface area (Å²) in [6.07, 6.45) is 8.11. The van der Waals surface area contributed by atoms with E-state index in [0.29, 0.717) is 13.0 Å². The molecule has 7 nitrogen and oxygen atoms in total. The molecule has 8 heteroatoms. The van der Waals surface area contributed by atoms with Crippen molar-refractivity contribution in [2.24, 2.45) is 11.5 Å². The van der Waals surface area contributed by atoms with Gasteiger partial charge in [-0.2, -0.15) is 0 Å². The number of fused-ring (bicyclic) bond motifs is 8. The quantitative estimate of drug-likeness (QED) is 0.245. The summed E-state index contributed by atoms with van der Waals surface area (Å²) < 4.78 is 5.94. The summed E-state index contributed by atoms with van der Waals surface area (Å²) in [4.78, 5) is 16.1. The van der Waals surface area contributed by atoms with Crippen molar-refractivity contribution in [1.29, 1.82) is 0 Å². The van der Waals surface area contributed by atoms with Gasteiger partial charge in [0.2, 0.25) is 0 Å². The molecule has 6 N–H and O–H groups in total. The number of rotatable bonds is 4. The number of aromatic amines is 2. The zero-order valence-corrected chi connectivity index (χ0v) is 17.9. The third-order valence-electron chi connectivity index (χ3n) is 4.84. The Labute approximate surface area is 189 Å². The summed E-state index contributed by atoms with van der Waals surface area (Å²) in [6.45, 7) is 0.440. The van der Waals surface area contributed by atoms with E-state index >= 15 is 0 Å². The van der Waals surface area contributed by atoms with E-state index < -0.39 is 6.17 Å². The molecular weight excluding hydrogens is 431 g/mol. The third-order valence-corrected chi connectivity index (χ3v) is 4.84. The molecule has 0 fully saturated rings. The molecule has 0 spiro atoms. The van der Waals surface area contributed by atoms with Gasteiger partial charge in [0.15, 0.2) is 0 Å². The first-order valence-corrected chi connectivity index (χ1v) is 9.83. The van der Waals surface area contributed by atoms with Crippen LogP contribution in [0.1, 0.15) is 29.2 Å². The van der Waals surface area contributed by atoms with Crippen LogP contribution in [0, 0.1) is 0 Å². The fraction of sp³-hybridized carbons (Fsp3) is 0.130. The molecule has 0 saturated heterocycles. The molecule has 31 heavy (non-hydrogen) atoms. The Morgan fingerprint density at radius 3 is 2.03 bits per heavy atom. The zero-order chi connectivity index (χ0) is 20.5. The van der Waals surface area contributed by atoms with Crippen LogP contribution in [0.25, 0.3) is 46.4 Å². The van der Waals surface area contributed by atoms with Gasteiger partial charge in [0.05, 0.1) is 41.1 Å². The van der Waals surface area contributed by atoms with Crippen LogP contribution in [-0.2, 0) is 17.1 Å². The van der Waals surface area contributed by atoms with Crippen molar-refractivity contribution < 1.29 is 21.8 Å². The SMILES string of the molecule is NC(N)CCOc1cc2cc3ccc(cc4nc(cc5nc(cc1[nH]2)C=C5)C=C4)[nH]3.[Mn]. The van der Waals surface area contributed by atoms with Crippen LogP contribution in [0.3, 0.4) is 0 Å². The average molecular weight is 453 g/mol. The second kappa shape index (κ2) is 8.91. The molecule has 2 aliphatic heterocycles. The molecule has 157 valence electrons. The van der Waals surface area contributed by atoms with Gasteiger partial charge >= 0.3 is 0 Å². The van der Waals surface area contributed by atoms with Crippen molar-refractivity contribution in [1.82, 2.24) is 19.9 Å². The van der Waals surface area contributed by atoms with E-state index in [1.54, 1.807) is 0 Å². The molecule has 0 saturated carbocycles. The van der Waals surface area contributed by atoms with E-state index in [4.69, 9.17) is 16.2 Å². The molecule has 0 aromatic carbocycles. The molecule has 0 aliphatic carbocycles. The van der Waals surface area contributed by atoms with Gasteiger partial charge in [-0.15, -0.1) is 0 Å². The number of nitrogens with two attached hydrogens (primary N) is 2. The number of aromatic nitrogens is 4. The van der Waals surface area contributed by atoms with Gasteiger partial charge in [0.25, 0.3) is 0 Å². The second-order valence-electron chi connectivity index (χ2n) is 7.34. The first-order valence-electron chi connectivity index (χ1n) is 9.83. The molecule has 0 atom stereocenters. The Morgan fingerprint density at radius 2 is 1.35 bits per heavy atom. The van der Waals surface area contributed by atoms with Crippen LogP contribution in [0.2, 0.25) is 0 Å². The first kappa shape index (κ1) is 21.1. The van der Waals surface area contributed by atoms with Crippen LogP contribution in [-0.4, -0.2) is 32.7 Å². The number of ether oxygens (including phenoxy) is 1. The second-order valence-corrected chi connectivity index (χ2v) is 7.34. The van der Waals surface area contributed by atoms with E-state index in [1.807, 2.05) is 66.8 Å². The van der Waals surface area contributed by atoms with Crippen molar-refractivity contribution in [3.05, 3.63) is 65.2 Å². The molecule has 5 rings (SSSR count). The van der Waals surface area contributed by atoms with E-state index in [2.05, 4.69) is 19.9 Å². The van der Waals surface area contributed by atoms with E-state index in [-0.39, 0.29) is 17.1 Å². The van der Waals surface area contributed by atoms with Crippen LogP contribution in [0.15, 0.2) is 42.5 Å². The maximum absolute atomic E-state index is 5.94. The maximum atomic E-state index is 5.94. The van der Waals surface area contributed by atoms with Gasteiger partial charge in [-0.25, -0.2) is 9.97 Å². The van der Waals surface area contributed by atoms with E-state index in [1.165, 1.54) is 0 Å². The molecule has 3 aromatic heterocycles. The largest absolute Gasteiger partial charge is 0.491 e. The Balaban J connectivity index is 0.00000231. The Morgan fingerprint density at radius 1 is 0.742 bits per heavy atom. The van der Waals surface area contributed by atoms with Crippen LogP contribution < -0.4 is 16.2 Å². The summed E-state index contributed by atoms with van der Waals surface area (Å²) in [6, 6.07) is 14.0. The van der Waals surface area contributed by atoms with Gasteiger partial charge in [0.1, 0.15) is 5.75 Å². The molecule has 0 unspecified atom stereocenters. The number of H-pyrrole nitrogens is 2. The van der Waals surface area contributed by atoms with Crippen LogP contribution >= 0.6 is 0 Å². The summed E-state index contributed by atoms with van der Waals surface area (Å²) in [5, 5.41) is 0. The van der Waals surface area contributed by atoms with Crippen LogP contribution in [0.4, 0.5) is 0 Å². The smallest absolute Gasteiger partial charge is 0.144 e. The molecule has 1 radical (unpaired) electrons. The number of nitrogens with zero attached hydrogens (tertiary/aromatic N) is 2. The number of nitrogens with one attached hydrogen (secondary N) is 2. The standard InChI is InChI=1S/C23H22N6O.Mn/c24-23(25)7-8-30-22-13-20-11-18-4-3-16(27-18)9-14-1-2-15(26-14)10-17-5-6-19(28-17)12-21(22)29-20;/h1-6,9-13,23,27,29H,7-8,24-25H2;. The third kappa shape index (κ3) is 4.95. The Kier molecular flexibility index (Phi) is 6.06. The van der Waals surface area contributed by atoms with Gasteiger partial charge in [-0.1, -0.05) is 0 Å². The first-order chi connectivity index (χ1) is 14.6. The van der Waals surface area contributed by atoms with Gasteiger partial charge < -0.3 is 26.2 Å². The number of hydrogen-bond donors (Lipinski definition) is 4. The van der Waals surface area contributed by atoms with E-state index in [9.17, 15) is 0 Å². The van der Waals surface area contributed by atoms with Gasteiger partial charge in [-0.3, -0.25) is 0 Å². The minimum atomic E-state index is -0.398. The predicted octanol–water partition coefficient (Wildman–Crippen LogP) is 3.67. The molecule has 8 bridgehead atoms. The summed E-state index contributed by atoms with van der Waals surface area (Å²) in [7, 11) is 0. The van der Waals surface area contributed by atoms with Gasteiger partial charge in [0, 0.05) is 46.1 Å². The normalized spacial score (nSPS) is 12.2. The van der Waals surface area contributed by atoms with Crippen molar-refractivity contribution >= 4 is 46.4 Å². The fourth-order valence-corrected chi connectivity index (χ4v) is 3.42. The average Bonchev–Trinajstić information content (AvgIpc) is 3.47.